The van der Waals surface area contributed by atoms with Crippen molar-refractivity contribution < 1.29 is 39.1 Å². The first-order valence-electron chi connectivity index (χ1n) is 11.0. The largest absolute Gasteiger partial charge is 0.479 e. The maximum Gasteiger partial charge on any atom is 0.335 e. The highest BCUT2D eigenvalue weighted by atomic mass is 35.5. The van der Waals surface area contributed by atoms with Gasteiger partial charge < -0.3 is 29.9 Å². The zero-order valence-corrected chi connectivity index (χ0v) is 19.3. The molecule has 5 rings (SSSR count). The second-order valence-electron chi connectivity index (χ2n) is 8.35. The van der Waals surface area contributed by atoms with Gasteiger partial charge in [0.1, 0.15) is 36.6 Å². The number of carbonyl (C=O) groups is 1. The number of hydrogen-bond acceptors (Lipinski definition) is 8. The van der Waals surface area contributed by atoms with Crippen molar-refractivity contribution in [1.82, 2.24) is 9.55 Å². The van der Waals surface area contributed by atoms with Crippen LogP contribution in [0, 0.1) is 5.82 Å². The van der Waals surface area contributed by atoms with Crippen LogP contribution in [0.25, 0.3) is 5.69 Å². The lowest BCUT2D eigenvalue weighted by Crippen LogP contribution is -2.60. The lowest BCUT2D eigenvalue weighted by atomic mass is 9.99. The first-order valence-corrected chi connectivity index (χ1v) is 11.3. The zero-order chi connectivity index (χ0) is 25.6. The van der Waals surface area contributed by atoms with E-state index in [9.17, 15) is 29.6 Å². The molecule has 12 heteroatoms. The topological polar surface area (TPSA) is 147 Å². The number of ether oxygens (including phenoxy) is 2. The molecule has 0 amide bonds. The van der Waals surface area contributed by atoms with Crippen LogP contribution in [-0.4, -0.2) is 72.4 Å². The highest BCUT2D eigenvalue weighted by molar-refractivity contribution is 6.31. The van der Waals surface area contributed by atoms with Crippen molar-refractivity contribution in [2.75, 3.05) is 0 Å². The molecule has 3 heterocycles. The summed E-state index contributed by atoms with van der Waals surface area (Å²) in [7, 11) is 0. The molecule has 0 spiro atoms. The predicted molar refractivity (Wildman–Crippen MR) is 123 cm³/mol. The van der Waals surface area contributed by atoms with Gasteiger partial charge in [-0.15, -0.1) is 0 Å². The van der Waals surface area contributed by atoms with Crippen molar-refractivity contribution in [1.29, 1.82) is 0 Å². The molecule has 4 N–H and O–H groups in total. The van der Waals surface area contributed by atoms with Crippen LogP contribution in [0.2, 0.25) is 5.02 Å². The number of aliphatic hydroxyl groups is 3. The van der Waals surface area contributed by atoms with Gasteiger partial charge in [-0.05, 0) is 30.3 Å². The predicted octanol–water partition coefficient (Wildman–Crippen LogP) is 1.42. The number of halogens is 2. The first-order chi connectivity index (χ1) is 17.3. The zero-order valence-electron chi connectivity index (χ0n) is 18.5. The number of nitrogens with zero attached hydrogens (tertiary/aromatic N) is 3. The number of benzene rings is 2. The van der Waals surface area contributed by atoms with Gasteiger partial charge in [-0.1, -0.05) is 23.7 Å². The molecule has 36 heavy (non-hydrogen) atoms. The minimum Gasteiger partial charge on any atom is -0.479 e. The molecule has 5 atom stereocenters. The molecular weight excluding hydrogens is 497 g/mol. The number of fused-ring (bicyclic) bond motifs is 3. The Morgan fingerprint density at radius 2 is 1.92 bits per heavy atom. The summed E-state index contributed by atoms with van der Waals surface area (Å²) in [6, 6.07) is 11.3. The van der Waals surface area contributed by atoms with E-state index in [1.807, 2.05) is 0 Å². The van der Waals surface area contributed by atoms with Crippen LogP contribution in [0.4, 0.5) is 4.39 Å². The van der Waals surface area contributed by atoms with E-state index in [0.29, 0.717) is 39.1 Å². The molecule has 1 aromatic heterocycles. The Morgan fingerprint density at radius 1 is 1.14 bits per heavy atom. The normalized spacial score (nSPS) is 25.5. The number of carboxylic acids is 1. The lowest BCUT2D eigenvalue weighted by molar-refractivity contribution is -0.297. The molecule has 10 nitrogen and oxygen atoms in total. The second kappa shape index (κ2) is 9.69. The quantitative estimate of drug-likeness (QED) is 0.397. The minimum atomic E-state index is -1.83. The maximum absolute atomic E-state index is 14.7. The number of aliphatic imine (C=N–C) groups is 1. The minimum absolute atomic E-state index is 0.164. The number of hydrogen-bond donors (Lipinski definition) is 4. The van der Waals surface area contributed by atoms with E-state index in [0.717, 1.165) is 0 Å². The standard InChI is InChI=1S/C24H21ClFN3O7/c25-11-5-6-16-14(7-11)18(13-3-1-2-4-15(13)26)28-9-12-8-27-17(29(12)16)10-35-24-21(32)19(30)20(31)22(36-24)23(33)34/h1-8,19-22,24,30-32H,9-10H2,(H,33,34)/t19-,20-,21+,22-,24+/m0/s1. The van der Waals surface area contributed by atoms with E-state index in [4.69, 9.17) is 21.1 Å². The van der Waals surface area contributed by atoms with Gasteiger partial charge in [0.05, 0.1) is 29.8 Å². The van der Waals surface area contributed by atoms with Crippen LogP contribution in [0.5, 0.6) is 0 Å². The summed E-state index contributed by atoms with van der Waals surface area (Å²) in [6.45, 7) is -0.0918. The van der Waals surface area contributed by atoms with Gasteiger partial charge in [0.25, 0.3) is 0 Å². The summed E-state index contributed by atoms with van der Waals surface area (Å²) in [5.41, 5.74) is 2.54. The average Bonchev–Trinajstić information content (AvgIpc) is 3.18. The third-order valence-electron chi connectivity index (χ3n) is 6.08. The van der Waals surface area contributed by atoms with Gasteiger partial charge in [0.2, 0.25) is 0 Å². The number of aliphatic hydroxyl groups excluding tert-OH is 3. The Morgan fingerprint density at radius 3 is 2.67 bits per heavy atom. The fourth-order valence-corrected chi connectivity index (χ4v) is 4.48. The van der Waals surface area contributed by atoms with E-state index in [1.54, 1.807) is 47.2 Å². The summed E-state index contributed by atoms with van der Waals surface area (Å²) in [5.74, 6) is -1.60. The molecule has 1 fully saturated rings. The molecule has 2 aliphatic heterocycles. The smallest absolute Gasteiger partial charge is 0.335 e. The summed E-state index contributed by atoms with van der Waals surface area (Å²) in [6.07, 6.45) is -7.07. The molecule has 0 saturated carbocycles. The Kier molecular flexibility index (Phi) is 6.60. The molecule has 2 aliphatic rings. The van der Waals surface area contributed by atoms with Crippen LogP contribution < -0.4 is 0 Å². The van der Waals surface area contributed by atoms with E-state index in [-0.39, 0.29) is 13.2 Å². The second-order valence-corrected chi connectivity index (χ2v) is 8.79. The van der Waals surface area contributed by atoms with Crippen LogP contribution in [0.3, 0.4) is 0 Å². The Hall–Kier alpha value is -3.19. The number of aromatic nitrogens is 2. The van der Waals surface area contributed by atoms with Gasteiger partial charge in [-0.25, -0.2) is 14.2 Å². The highest BCUT2D eigenvalue weighted by Crippen LogP contribution is 2.30. The Bertz CT molecular complexity index is 1350. The van der Waals surface area contributed by atoms with Crippen molar-refractivity contribution in [3.63, 3.8) is 0 Å². The van der Waals surface area contributed by atoms with Crippen LogP contribution in [-0.2, 0) is 27.4 Å². The van der Waals surface area contributed by atoms with Gasteiger partial charge in [-0.3, -0.25) is 9.56 Å². The summed E-state index contributed by atoms with van der Waals surface area (Å²) in [4.78, 5) is 20.4. The number of rotatable bonds is 5. The molecule has 0 bridgehead atoms. The van der Waals surface area contributed by atoms with E-state index in [1.165, 1.54) is 6.07 Å². The molecule has 188 valence electrons. The third kappa shape index (κ3) is 4.30. The number of imidazole rings is 1. The summed E-state index contributed by atoms with van der Waals surface area (Å²) in [5, 5.41) is 39.8. The molecule has 1 saturated heterocycles. The van der Waals surface area contributed by atoms with Crippen LogP contribution in [0.15, 0.2) is 53.7 Å². The monoisotopic (exact) mass is 517 g/mol. The maximum atomic E-state index is 14.7. The fourth-order valence-electron chi connectivity index (χ4n) is 4.31. The molecule has 0 radical (unpaired) electrons. The van der Waals surface area contributed by atoms with Crippen molar-refractivity contribution in [3.8, 4) is 5.69 Å². The van der Waals surface area contributed by atoms with Crippen molar-refractivity contribution in [3.05, 3.63) is 82.1 Å². The highest BCUT2D eigenvalue weighted by Gasteiger charge is 2.47. The number of carboxylic acid groups (broad SMARTS) is 1. The van der Waals surface area contributed by atoms with Crippen molar-refractivity contribution in [2.45, 2.75) is 43.9 Å². The van der Waals surface area contributed by atoms with Gasteiger partial charge in [-0.2, -0.15) is 0 Å². The van der Waals surface area contributed by atoms with E-state index < -0.39 is 42.5 Å². The van der Waals surface area contributed by atoms with Gasteiger partial charge in [0.15, 0.2) is 12.4 Å². The number of aliphatic carboxylic acids is 1. The van der Waals surface area contributed by atoms with E-state index in [2.05, 4.69) is 9.98 Å². The van der Waals surface area contributed by atoms with Gasteiger partial charge >= 0.3 is 5.97 Å². The SMILES string of the molecule is O=C(O)[C@H]1O[C@@H](OCc2ncc3n2-c2ccc(Cl)cc2C(c2ccccc2F)=NC3)[C@H](O)[C@@H](O)[C@@H]1O. The third-order valence-corrected chi connectivity index (χ3v) is 6.32. The van der Waals surface area contributed by atoms with Gasteiger partial charge in [0, 0.05) is 16.1 Å². The lowest BCUT2D eigenvalue weighted by Gasteiger charge is -2.38. The molecular formula is C24H21ClFN3O7. The van der Waals surface area contributed by atoms with E-state index >= 15 is 0 Å². The van der Waals surface area contributed by atoms with Crippen molar-refractivity contribution >= 4 is 23.3 Å². The first kappa shape index (κ1) is 24.5. The molecule has 3 aromatic rings. The summed E-state index contributed by atoms with van der Waals surface area (Å²) < 4.78 is 27.2. The molecule has 0 aliphatic carbocycles. The van der Waals surface area contributed by atoms with Crippen molar-refractivity contribution in [2.24, 2.45) is 4.99 Å². The Labute approximate surface area is 208 Å². The van der Waals surface area contributed by atoms with Crippen LogP contribution in [0.1, 0.15) is 22.6 Å². The summed E-state index contributed by atoms with van der Waals surface area (Å²) >= 11 is 6.27. The molecule has 0 unspecified atom stereocenters. The molecule has 2 aromatic carbocycles. The average molecular weight is 518 g/mol. The Balaban J connectivity index is 1.48. The van der Waals surface area contributed by atoms with Crippen LogP contribution >= 0.6 is 11.6 Å². The fraction of sp³-hybridized carbons (Fsp3) is 0.292.